The molecule has 6 aliphatic rings. The number of likely N-dealkylation sites (tertiary alicyclic amines) is 1. The predicted octanol–water partition coefficient (Wildman–Crippen LogP) is 5.44. The maximum atomic E-state index is 13.7. The van der Waals surface area contributed by atoms with E-state index in [9.17, 15) is 28.8 Å². The molecule has 4 bridgehead atoms. The van der Waals surface area contributed by atoms with Gasteiger partial charge in [0, 0.05) is 5.70 Å². The van der Waals surface area contributed by atoms with E-state index >= 15 is 0 Å². The first-order valence-corrected chi connectivity index (χ1v) is 17.9. The van der Waals surface area contributed by atoms with Crippen LogP contribution in [0.2, 0.25) is 0 Å². The van der Waals surface area contributed by atoms with Crippen LogP contribution < -0.4 is 14.4 Å². The number of amides is 4. The summed E-state index contributed by atoms with van der Waals surface area (Å²) in [5.74, 6) is -4.55. The van der Waals surface area contributed by atoms with Crippen LogP contribution in [0, 0.1) is 59.2 Å². The van der Waals surface area contributed by atoms with E-state index in [-0.39, 0.29) is 70.1 Å². The van der Waals surface area contributed by atoms with Gasteiger partial charge in [-0.05, 0) is 110 Å². The Morgan fingerprint density at radius 3 is 1.62 bits per heavy atom. The summed E-state index contributed by atoms with van der Waals surface area (Å²) >= 11 is 0. The predicted molar refractivity (Wildman–Crippen MR) is 180 cm³/mol. The van der Waals surface area contributed by atoms with Gasteiger partial charge in [0.2, 0.25) is 23.6 Å². The first-order chi connectivity index (χ1) is 23.8. The third-order valence-electron chi connectivity index (χ3n) is 13.1. The maximum absolute atomic E-state index is 13.7. The van der Waals surface area contributed by atoms with Crippen LogP contribution in [0.15, 0.2) is 60.8 Å². The van der Waals surface area contributed by atoms with Crippen molar-refractivity contribution in [1.29, 1.82) is 0 Å². The molecule has 0 N–H and O–H groups in total. The van der Waals surface area contributed by atoms with Gasteiger partial charge in [-0.15, -0.1) is 0 Å². The Bertz CT molecular complexity index is 1850. The number of ether oxygens (including phenoxy) is 2. The third kappa shape index (κ3) is 4.73. The quantitative estimate of drug-likeness (QED) is 0.205. The van der Waals surface area contributed by atoms with Crippen molar-refractivity contribution in [1.82, 2.24) is 4.90 Å². The van der Waals surface area contributed by atoms with Crippen LogP contribution in [0.3, 0.4) is 0 Å². The molecule has 10 heteroatoms. The number of esters is 2. The second-order valence-corrected chi connectivity index (χ2v) is 16.0. The molecule has 4 aliphatic carbocycles. The molecule has 0 spiro atoms. The summed E-state index contributed by atoms with van der Waals surface area (Å²) in [7, 11) is 0. The van der Waals surface area contributed by atoms with Crippen LogP contribution >= 0.6 is 0 Å². The molecule has 2 aliphatic heterocycles. The molecule has 6 fully saturated rings. The van der Waals surface area contributed by atoms with Gasteiger partial charge in [-0.25, -0.2) is 0 Å². The highest BCUT2D eigenvalue weighted by Crippen LogP contribution is 2.60. The average molecular weight is 679 g/mol. The van der Waals surface area contributed by atoms with E-state index < -0.39 is 41.5 Å². The Hall–Kier alpha value is -4.60. The lowest BCUT2D eigenvalue weighted by atomic mass is 9.75. The van der Waals surface area contributed by atoms with Crippen LogP contribution in [-0.2, 0) is 34.2 Å². The number of fused-ring (bicyclic) bond motifs is 10. The smallest absolute Gasteiger partial charge is 0.314 e. The summed E-state index contributed by atoms with van der Waals surface area (Å²) in [5, 5.41) is 0. The minimum absolute atomic E-state index is 0.0133. The number of benzene rings is 2. The van der Waals surface area contributed by atoms with E-state index in [1.165, 1.54) is 9.80 Å². The lowest BCUT2D eigenvalue weighted by Crippen LogP contribution is -2.36. The van der Waals surface area contributed by atoms with Crippen molar-refractivity contribution >= 4 is 41.3 Å². The summed E-state index contributed by atoms with van der Waals surface area (Å²) in [6.45, 7) is 11.9. The molecular formula is C40H42N2O8. The average Bonchev–Trinajstić information content (AvgIpc) is 3.93. The highest BCUT2D eigenvalue weighted by atomic mass is 16.5. The van der Waals surface area contributed by atoms with Gasteiger partial charge in [0.1, 0.15) is 11.5 Å². The molecule has 0 aromatic heterocycles. The van der Waals surface area contributed by atoms with Crippen molar-refractivity contribution < 1.29 is 38.2 Å². The van der Waals surface area contributed by atoms with Gasteiger partial charge < -0.3 is 9.47 Å². The zero-order valence-electron chi connectivity index (χ0n) is 28.8. The molecule has 2 heterocycles. The second-order valence-electron chi connectivity index (χ2n) is 16.0. The van der Waals surface area contributed by atoms with Gasteiger partial charge in [-0.1, -0.05) is 39.5 Å². The molecule has 2 aromatic carbocycles. The van der Waals surface area contributed by atoms with Crippen molar-refractivity contribution in [3.8, 4) is 11.5 Å². The SMILES string of the molecule is C=C(C)N1C(=O)C2C3CC(C(=O)Oc4ccc(OC(=O)C5CC6CC5C5C(=O)N(c7ccc(C(C)(C)CC)cc7)C(=O)C65)cc4)C(C3)C2C1=O. The van der Waals surface area contributed by atoms with Gasteiger partial charge >= 0.3 is 11.9 Å². The lowest BCUT2D eigenvalue weighted by Gasteiger charge is -2.27. The van der Waals surface area contributed by atoms with Crippen LogP contribution in [0.5, 0.6) is 11.5 Å². The van der Waals surface area contributed by atoms with Crippen LogP contribution in [0.4, 0.5) is 5.69 Å². The second kappa shape index (κ2) is 11.5. The highest BCUT2D eigenvalue weighted by molar-refractivity contribution is 6.22. The van der Waals surface area contributed by atoms with E-state index in [0.717, 1.165) is 12.0 Å². The number of anilines is 1. The summed E-state index contributed by atoms with van der Waals surface area (Å²) < 4.78 is 11.5. The van der Waals surface area contributed by atoms with E-state index in [1.54, 1.807) is 31.2 Å². The van der Waals surface area contributed by atoms with Gasteiger partial charge in [0.05, 0.1) is 41.2 Å². The molecule has 10 atom stereocenters. The number of rotatable bonds is 8. The monoisotopic (exact) mass is 678 g/mol. The molecule has 0 radical (unpaired) electrons. The Kier molecular flexibility index (Phi) is 7.48. The summed E-state index contributed by atoms with van der Waals surface area (Å²) in [5.41, 5.74) is 2.11. The van der Waals surface area contributed by atoms with Gasteiger partial charge in [0.25, 0.3) is 0 Å². The van der Waals surface area contributed by atoms with Crippen molar-refractivity contribution in [2.75, 3.05) is 4.90 Å². The molecular weight excluding hydrogens is 636 g/mol. The van der Waals surface area contributed by atoms with E-state index in [2.05, 4.69) is 27.4 Å². The topological polar surface area (TPSA) is 127 Å². The Morgan fingerprint density at radius 1 is 0.700 bits per heavy atom. The number of allylic oxidation sites excluding steroid dienone is 1. The Morgan fingerprint density at radius 2 is 1.14 bits per heavy atom. The zero-order chi connectivity index (χ0) is 35.4. The van der Waals surface area contributed by atoms with Gasteiger partial charge in [0.15, 0.2) is 0 Å². The Labute approximate surface area is 291 Å². The Balaban J connectivity index is 0.889. The summed E-state index contributed by atoms with van der Waals surface area (Å²) in [6, 6.07) is 13.9. The van der Waals surface area contributed by atoms with Gasteiger partial charge in [-0.2, -0.15) is 0 Å². The summed E-state index contributed by atoms with van der Waals surface area (Å²) in [6.07, 6.45) is 3.26. The van der Waals surface area contributed by atoms with Crippen molar-refractivity contribution in [3.05, 3.63) is 66.4 Å². The maximum Gasteiger partial charge on any atom is 0.314 e. The van der Waals surface area contributed by atoms with Crippen LogP contribution in [0.1, 0.15) is 65.4 Å². The molecule has 10 unspecified atom stereocenters. The minimum Gasteiger partial charge on any atom is -0.426 e. The van der Waals surface area contributed by atoms with Crippen LogP contribution in [-0.4, -0.2) is 40.5 Å². The zero-order valence-corrected chi connectivity index (χ0v) is 28.8. The molecule has 4 amide bonds. The minimum atomic E-state index is -0.532. The number of carbonyl (C=O) groups is 6. The number of hydrogen-bond acceptors (Lipinski definition) is 8. The van der Waals surface area contributed by atoms with Crippen LogP contribution in [0.25, 0.3) is 0 Å². The van der Waals surface area contributed by atoms with E-state index in [0.29, 0.717) is 37.1 Å². The standard InChI is InChI=1S/C40H42N2O8/c1-6-40(4,5)22-7-9-23(10-8-22)42-35(44)31-21-16-27(33(31)37(42)46)29(18-21)39(48)50-25-13-11-24(12-14-25)49-38(47)28-17-20-15-26(28)32-30(20)34(43)41(19(2)3)36(32)45/h7-14,20-21,26-33H,2,6,15-18H2,1,3-5H3. The molecule has 10 nitrogen and oxygen atoms in total. The molecule has 2 aromatic rings. The number of hydrogen-bond donors (Lipinski definition) is 0. The molecule has 8 rings (SSSR count). The first-order valence-electron chi connectivity index (χ1n) is 17.9. The normalized spacial score (nSPS) is 33.7. The highest BCUT2D eigenvalue weighted by Gasteiger charge is 2.66. The molecule has 2 saturated heterocycles. The first kappa shape index (κ1) is 32.6. The molecule has 4 saturated carbocycles. The van der Waals surface area contributed by atoms with E-state index in [1.807, 2.05) is 24.3 Å². The fraction of sp³-hybridized carbons (Fsp3) is 0.500. The fourth-order valence-electron chi connectivity index (χ4n) is 10.3. The third-order valence-corrected chi connectivity index (χ3v) is 13.1. The summed E-state index contributed by atoms with van der Waals surface area (Å²) in [4.78, 5) is 82.3. The number of imide groups is 2. The van der Waals surface area contributed by atoms with Crippen molar-refractivity contribution in [2.24, 2.45) is 59.2 Å². The van der Waals surface area contributed by atoms with Crippen molar-refractivity contribution in [3.63, 3.8) is 0 Å². The molecule has 260 valence electrons. The number of nitrogens with zero attached hydrogens (tertiary/aromatic N) is 2. The van der Waals surface area contributed by atoms with E-state index in [4.69, 9.17) is 9.47 Å². The number of carbonyl (C=O) groups excluding carboxylic acids is 6. The van der Waals surface area contributed by atoms with Gasteiger partial charge in [-0.3, -0.25) is 38.6 Å². The fourth-order valence-corrected chi connectivity index (χ4v) is 10.3. The largest absolute Gasteiger partial charge is 0.426 e. The lowest BCUT2D eigenvalue weighted by molar-refractivity contribution is -0.144. The molecule has 50 heavy (non-hydrogen) atoms. The van der Waals surface area contributed by atoms with Crippen molar-refractivity contribution in [2.45, 2.75) is 65.2 Å².